The van der Waals surface area contributed by atoms with E-state index < -0.39 is 22.0 Å². The Bertz CT molecular complexity index is 1410. The first-order valence-electron chi connectivity index (χ1n) is 10.9. The fourth-order valence-electron chi connectivity index (χ4n) is 3.46. The number of carbonyl (C=O) groups is 1. The summed E-state index contributed by atoms with van der Waals surface area (Å²) in [6.07, 6.45) is 2.14. The van der Waals surface area contributed by atoms with Gasteiger partial charge in [0.1, 0.15) is 15.9 Å². The van der Waals surface area contributed by atoms with E-state index in [0.29, 0.717) is 27.5 Å². The Morgan fingerprint density at radius 1 is 1.06 bits per heavy atom. The Balaban J connectivity index is 1.57. The average Bonchev–Trinajstić information content (AvgIpc) is 3.30. The molecule has 2 heterocycles. The number of nitrogens with one attached hydrogen (secondary N) is 2. The molecule has 2 unspecified atom stereocenters. The topological polar surface area (TPSA) is 114 Å². The quantitative estimate of drug-likeness (QED) is 0.375. The van der Waals surface area contributed by atoms with Crippen LogP contribution in [0.4, 0.5) is 5.13 Å². The summed E-state index contributed by atoms with van der Waals surface area (Å²) in [5.41, 5.74) is 2.38. The van der Waals surface area contributed by atoms with Gasteiger partial charge in [0.2, 0.25) is 21.1 Å². The van der Waals surface area contributed by atoms with Crippen molar-refractivity contribution in [3.8, 4) is 10.6 Å². The molecule has 0 spiro atoms. The molecule has 8 nitrogen and oxygen atoms in total. The predicted octanol–water partition coefficient (Wildman–Crippen LogP) is 4.39. The third kappa shape index (κ3) is 5.14. The van der Waals surface area contributed by atoms with E-state index in [1.54, 1.807) is 30.5 Å². The van der Waals surface area contributed by atoms with Gasteiger partial charge in [-0.25, -0.2) is 8.42 Å². The number of anilines is 1. The summed E-state index contributed by atoms with van der Waals surface area (Å²) in [7, 11) is -4.03. The molecule has 4 aromatic rings. The Morgan fingerprint density at radius 2 is 1.79 bits per heavy atom. The Hall–Kier alpha value is -3.21. The maximum Gasteiger partial charge on any atom is 0.244 e. The number of aromatic nitrogens is 3. The van der Waals surface area contributed by atoms with Crippen LogP contribution >= 0.6 is 11.3 Å². The lowest BCUT2D eigenvalue weighted by atomic mass is 9.99. The van der Waals surface area contributed by atoms with Crippen LogP contribution < -0.4 is 10.0 Å². The molecular formula is C24H25N5O3S2. The van der Waals surface area contributed by atoms with Crippen molar-refractivity contribution in [2.45, 2.75) is 38.1 Å². The molecule has 0 saturated heterocycles. The van der Waals surface area contributed by atoms with Crippen LogP contribution in [0.5, 0.6) is 0 Å². The van der Waals surface area contributed by atoms with Crippen molar-refractivity contribution in [2.75, 3.05) is 5.32 Å². The largest absolute Gasteiger partial charge is 0.299 e. The zero-order chi connectivity index (χ0) is 24.3. The minimum absolute atomic E-state index is 0.0317. The lowest BCUT2D eigenvalue weighted by Gasteiger charge is -2.23. The molecule has 0 aliphatic carbocycles. The number of aryl methyl sites for hydroxylation is 1. The number of hydrogen-bond acceptors (Lipinski definition) is 7. The monoisotopic (exact) mass is 495 g/mol. The van der Waals surface area contributed by atoms with E-state index in [4.69, 9.17) is 0 Å². The second-order valence-corrected chi connectivity index (χ2v) is 10.7. The van der Waals surface area contributed by atoms with E-state index in [1.807, 2.05) is 45.0 Å². The molecule has 0 saturated carbocycles. The number of rotatable bonds is 8. The molecule has 1 amide bonds. The fraction of sp³-hybridized carbons (Fsp3) is 0.250. The molecular weight excluding hydrogens is 470 g/mol. The number of benzene rings is 2. The first-order chi connectivity index (χ1) is 16.3. The molecule has 2 atom stereocenters. The van der Waals surface area contributed by atoms with E-state index in [9.17, 15) is 13.2 Å². The number of pyridine rings is 1. The van der Waals surface area contributed by atoms with Crippen molar-refractivity contribution in [2.24, 2.45) is 5.92 Å². The molecule has 10 heteroatoms. The van der Waals surface area contributed by atoms with Crippen molar-refractivity contribution in [1.29, 1.82) is 0 Å². The highest BCUT2D eigenvalue weighted by molar-refractivity contribution is 7.89. The van der Waals surface area contributed by atoms with Crippen LogP contribution in [0.25, 0.3) is 21.5 Å². The van der Waals surface area contributed by atoms with Crippen molar-refractivity contribution < 1.29 is 13.2 Å². The molecule has 2 N–H and O–H groups in total. The summed E-state index contributed by atoms with van der Waals surface area (Å²) in [6, 6.07) is 15.3. The van der Waals surface area contributed by atoms with Gasteiger partial charge in [-0.15, -0.1) is 10.2 Å². The second-order valence-electron chi connectivity index (χ2n) is 8.08. The molecule has 0 aliphatic heterocycles. The van der Waals surface area contributed by atoms with Gasteiger partial charge in [0.05, 0.1) is 5.52 Å². The highest BCUT2D eigenvalue weighted by Gasteiger charge is 2.31. The number of carbonyl (C=O) groups excluding carboxylic acids is 1. The van der Waals surface area contributed by atoms with E-state index >= 15 is 0 Å². The fourth-order valence-corrected chi connectivity index (χ4v) is 5.69. The van der Waals surface area contributed by atoms with E-state index in [-0.39, 0.29) is 10.8 Å². The van der Waals surface area contributed by atoms with Gasteiger partial charge in [-0.3, -0.25) is 15.1 Å². The van der Waals surface area contributed by atoms with Crippen molar-refractivity contribution >= 4 is 43.3 Å². The third-order valence-corrected chi connectivity index (χ3v) is 7.98. The zero-order valence-corrected chi connectivity index (χ0v) is 20.7. The number of hydrogen-bond donors (Lipinski definition) is 2. The number of nitrogens with zero attached hydrogens (tertiary/aromatic N) is 3. The molecule has 2 aromatic carbocycles. The maximum atomic E-state index is 13.3. The summed E-state index contributed by atoms with van der Waals surface area (Å²) in [5.74, 6) is -0.750. The zero-order valence-electron chi connectivity index (χ0n) is 19.0. The first kappa shape index (κ1) is 23.9. The van der Waals surface area contributed by atoms with Gasteiger partial charge in [0.15, 0.2) is 0 Å². The van der Waals surface area contributed by atoms with Gasteiger partial charge in [-0.2, -0.15) is 4.72 Å². The summed E-state index contributed by atoms with van der Waals surface area (Å²) >= 11 is 1.23. The number of amides is 1. The van der Waals surface area contributed by atoms with E-state index in [0.717, 1.165) is 11.1 Å². The van der Waals surface area contributed by atoms with E-state index in [1.165, 1.54) is 17.4 Å². The van der Waals surface area contributed by atoms with Gasteiger partial charge < -0.3 is 0 Å². The predicted molar refractivity (Wildman–Crippen MR) is 134 cm³/mol. The number of sulfonamides is 1. The highest BCUT2D eigenvalue weighted by atomic mass is 32.2. The summed E-state index contributed by atoms with van der Waals surface area (Å²) in [5, 5.41) is 12.6. The second kappa shape index (κ2) is 9.96. The first-order valence-corrected chi connectivity index (χ1v) is 13.2. The minimum Gasteiger partial charge on any atom is -0.299 e. The van der Waals surface area contributed by atoms with Crippen LogP contribution in [-0.4, -0.2) is 35.5 Å². The van der Waals surface area contributed by atoms with Crippen LogP contribution in [-0.2, 0) is 14.8 Å². The van der Waals surface area contributed by atoms with Gasteiger partial charge in [-0.05, 0) is 25.0 Å². The van der Waals surface area contributed by atoms with Crippen molar-refractivity contribution in [1.82, 2.24) is 19.9 Å². The van der Waals surface area contributed by atoms with Crippen LogP contribution in [0.2, 0.25) is 0 Å². The highest BCUT2D eigenvalue weighted by Crippen LogP contribution is 2.27. The molecule has 2 aromatic heterocycles. The number of fused-ring (bicyclic) bond motifs is 1. The van der Waals surface area contributed by atoms with Gasteiger partial charge >= 0.3 is 0 Å². The Kier molecular flexibility index (Phi) is 7.01. The smallest absolute Gasteiger partial charge is 0.244 e. The molecule has 0 fully saturated rings. The van der Waals surface area contributed by atoms with Crippen molar-refractivity contribution in [3.63, 3.8) is 0 Å². The SMILES string of the molecule is CCC(C)C(NS(=O)(=O)c1cccc2cccnc12)C(=O)Nc1nnc(-c2ccc(C)cc2)s1. The summed E-state index contributed by atoms with van der Waals surface area (Å²) in [4.78, 5) is 17.4. The van der Waals surface area contributed by atoms with Gasteiger partial charge in [0.25, 0.3) is 0 Å². The lowest BCUT2D eigenvalue weighted by molar-refractivity contribution is -0.118. The van der Waals surface area contributed by atoms with Gasteiger partial charge in [0, 0.05) is 17.1 Å². The molecule has 0 bridgehead atoms. The minimum atomic E-state index is -4.03. The maximum absolute atomic E-state index is 13.3. The average molecular weight is 496 g/mol. The van der Waals surface area contributed by atoms with Crippen LogP contribution in [0.1, 0.15) is 25.8 Å². The Labute approximate surface area is 202 Å². The number of para-hydroxylation sites is 1. The van der Waals surface area contributed by atoms with Crippen LogP contribution in [0.3, 0.4) is 0 Å². The van der Waals surface area contributed by atoms with Crippen molar-refractivity contribution in [3.05, 3.63) is 66.4 Å². The van der Waals surface area contributed by atoms with Crippen LogP contribution in [0, 0.1) is 12.8 Å². The summed E-state index contributed by atoms with van der Waals surface area (Å²) in [6.45, 7) is 5.73. The molecule has 0 radical (unpaired) electrons. The summed E-state index contributed by atoms with van der Waals surface area (Å²) < 4.78 is 29.2. The van der Waals surface area contributed by atoms with E-state index in [2.05, 4.69) is 25.2 Å². The van der Waals surface area contributed by atoms with Crippen LogP contribution in [0.15, 0.2) is 65.7 Å². The standard InChI is InChI=1S/C24H25N5O3S2/c1-4-16(3)20(29-34(31,32)19-9-5-7-17-8-6-14-25-21(17)19)22(30)26-24-28-27-23(33-24)18-12-10-15(2)11-13-18/h5-14,16,20,29H,4H2,1-3H3,(H,26,28,30). The van der Waals surface area contributed by atoms with Gasteiger partial charge in [-0.1, -0.05) is 79.6 Å². The molecule has 0 aliphatic rings. The molecule has 4 rings (SSSR count). The third-order valence-electron chi connectivity index (χ3n) is 5.62. The molecule has 176 valence electrons. The normalized spacial score (nSPS) is 13.5. The lowest BCUT2D eigenvalue weighted by Crippen LogP contribution is -2.47. The molecule has 34 heavy (non-hydrogen) atoms. The Morgan fingerprint density at radius 3 is 2.53 bits per heavy atom.